The number of hydrogen-bond acceptors (Lipinski definition) is 2. The maximum absolute atomic E-state index is 13.4. The second-order valence-corrected chi connectivity index (χ2v) is 4.84. The van der Waals surface area contributed by atoms with Crippen LogP contribution in [0.25, 0.3) is 0 Å². The molecule has 0 bridgehead atoms. The molecule has 0 aromatic rings. The van der Waals surface area contributed by atoms with Crippen LogP contribution in [0.3, 0.4) is 0 Å². The standard InChI is InChI=1S/C10H18FNO2/c1-5-10(11)6-12(7-10)8(13)14-9(2,3)4/h5-7H2,1-4H3. The first-order valence-electron chi connectivity index (χ1n) is 4.93. The number of halogens is 1. The average Bonchev–Trinajstić information content (AvgIpc) is 1.95. The number of ether oxygens (including phenoxy) is 1. The third-order valence-electron chi connectivity index (χ3n) is 2.23. The van der Waals surface area contributed by atoms with E-state index < -0.39 is 17.4 Å². The Balaban J connectivity index is 2.37. The van der Waals surface area contributed by atoms with Gasteiger partial charge in [0.15, 0.2) is 0 Å². The predicted octanol–water partition coefficient (Wildman–Crippen LogP) is 2.36. The Labute approximate surface area is 84.2 Å². The Bertz CT molecular complexity index is 229. The van der Waals surface area contributed by atoms with Gasteiger partial charge in [-0.3, -0.25) is 0 Å². The molecule has 0 saturated carbocycles. The molecule has 0 N–H and O–H groups in total. The van der Waals surface area contributed by atoms with Crippen LogP contribution in [-0.2, 0) is 4.74 Å². The molecule has 0 unspecified atom stereocenters. The van der Waals surface area contributed by atoms with Gasteiger partial charge in [0.2, 0.25) is 0 Å². The molecule has 0 aliphatic carbocycles. The van der Waals surface area contributed by atoms with Crippen molar-refractivity contribution in [1.82, 2.24) is 4.90 Å². The Hall–Kier alpha value is -0.800. The molecule has 1 rings (SSSR count). The van der Waals surface area contributed by atoms with Gasteiger partial charge in [0.1, 0.15) is 11.3 Å². The summed E-state index contributed by atoms with van der Waals surface area (Å²) in [7, 11) is 0. The molecule has 1 aliphatic rings. The maximum atomic E-state index is 13.4. The quantitative estimate of drug-likeness (QED) is 0.654. The zero-order chi connectivity index (χ0) is 11.0. The normalized spacial score (nSPS) is 20.2. The van der Waals surface area contributed by atoms with Gasteiger partial charge in [-0.25, -0.2) is 9.18 Å². The molecule has 1 amide bonds. The number of rotatable bonds is 1. The summed E-state index contributed by atoms with van der Waals surface area (Å²) in [6.45, 7) is 7.51. The molecule has 0 aromatic heterocycles. The fourth-order valence-corrected chi connectivity index (χ4v) is 1.32. The summed E-state index contributed by atoms with van der Waals surface area (Å²) >= 11 is 0. The Kier molecular flexibility index (Phi) is 2.74. The van der Waals surface area contributed by atoms with Crippen LogP contribution in [0, 0.1) is 0 Å². The monoisotopic (exact) mass is 203 g/mol. The van der Waals surface area contributed by atoms with Crippen LogP contribution < -0.4 is 0 Å². The third kappa shape index (κ3) is 2.59. The van der Waals surface area contributed by atoms with Gasteiger partial charge in [0.25, 0.3) is 0 Å². The molecule has 3 nitrogen and oxygen atoms in total. The highest BCUT2D eigenvalue weighted by Gasteiger charge is 2.45. The lowest BCUT2D eigenvalue weighted by Gasteiger charge is -2.43. The first-order valence-corrected chi connectivity index (χ1v) is 4.93. The van der Waals surface area contributed by atoms with E-state index in [1.54, 1.807) is 27.7 Å². The summed E-state index contributed by atoms with van der Waals surface area (Å²) in [5.41, 5.74) is -1.69. The molecule has 0 atom stereocenters. The van der Waals surface area contributed by atoms with Gasteiger partial charge in [0, 0.05) is 0 Å². The summed E-state index contributed by atoms with van der Waals surface area (Å²) in [5.74, 6) is 0. The van der Waals surface area contributed by atoms with E-state index in [0.717, 1.165) is 0 Å². The van der Waals surface area contributed by atoms with Crippen LogP contribution in [0.4, 0.5) is 9.18 Å². The highest BCUT2D eigenvalue weighted by atomic mass is 19.1. The first-order chi connectivity index (χ1) is 6.26. The zero-order valence-electron chi connectivity index (χ0n) is 9.26. The zero-order valence-corrected chi connectivity index (χ0v) is 9.26. The minimum absolute atomic E-state index is 0.165. The van der Waals surface area contributed by atoms with Crippen LogP contribution in [0.1, 0.15) is 34.1 Å². The minimum Gasteiger partial charge on any atom is -0.444 e. The van der Waals surface area contributed by atoms with E-state index >= 15 is 0 Å². The molecular weight excluding hydrogens is 185 g/mol. The fraction of sp³-hybridized carbons (Fsp3) is 0.900. The molecule has 0 radical (unpaired) electrons. The van der Waals surface area contributed by atoms with Crippen molar-refractivity contribution in [3.63, 3.8) is 0 Å². The van der Waals surface area contributed by atoms with Gasteiger partial charge < -0.3 is 9.64 Å². The lowest BCUT2D eigenvalue weighted by Crippen LogP contribution is -2.61. The SMILES string of the molecule is CCC1(F)CN(C(=O)OC(C)(C)C)C1. The summed E-state index contributed by atoms with van der Waals surface area (Å²) in [5, 5.41) is 0. The molecule has 0 spiro atoms. The maximum Gasteiger partial charge on any atom is 0.410 e. The van der Waals surface area contributed by atoms with Crippen molar-refractivity contribution in [2.75, 3.05) is 13.1 Å². The van der Waals surface area contributed by atoms with Crippen LogP contribution in [0.2, 0.25) is 0 Å². The highest BCUT2D eigenvalue weighted by molar-refractivity contribution is 5.69. The van der Waals surface area contributed by atoms with Crippen molar-refractivity contribution in [3.8, 4) is 0 Å². The van der Waals surface area contributed by atoms with Crippen LogP contribution in [-0.4, -0.2) is 35.4 Å². The molecule has 1 fully saturated rings. The van der Waals surface area contributed by atoms with Crippen molar-refractivity contribution >= 4 is 6.09 Å². The van der Waals surface area contributed by atoms with E-state index in [4.69, 9.17) is 4.74 Å². The number of carbonyl (C=O) groups is 1. The van der Waals surface area contributed by atoms with E-state index in [0.29, 0.717) is 6.42 Å². The van der Waals surface area contributed by atoms with Crippen molar-refractivity contribution in [1.29, 1.82) is 0 Å². The van der Waals surface area contributed by atoms with Crippen LogP contribution >= 0.6 is 0 Å². The number of carbonyl (C=O) groups excluding carboxylic acids is 1. The van der Waals surface area contributed by atoms with Gasteiger partial charge in [-0.1, -0.05) is 6.92 Å². The molecule has 14 heavy (non-hydrogen) atoms. The fourth-order valence-electron chi connectivity index (χ4n) is 1.32. The summed E-state index contributed by atoms with van der Waals surface area (Å²) in [6, 6.07) is 0. The Morgan fingerprint density at radius 3 is 2.36 bits per heavy atom. The van der Waals surface area contributed by atoms with Crippen molar-refractivity contribution in [3.05, 3.63) is 0 Å². The molecule has 0 aromatic carbocycles. The smallest absolute Gasteiger partial charge is 0.410 e. The predicted molar refractivity (Wildman–Crippen MR) is 51.9 cm³/mol. The molecule has 82 valence electrons. The van der Waals surface area contributed by atoms with Crippen LogP contribution in [0.15, 0.2) is 0 Å². The Morgan fingerprint density at radius 1 is 1.50 bits per heavy atom. The van der Waals surface area contributed by atoms with Gasteiger partial charge in [-0.05, 0) is 27.2 Å². The Morgan fingerprint density at radius 2 is 2.00 bits per heavy atom. The number of likely N-dealkylation sites (tertiary alicyclic amines) is 1. The number of nitrogens with zero attached hydrogens (tertiary/aromatic N) is 1. The van der Waals surface area contributed by atoms with Gasteiger partial charge in [-0.2, -0.15) is 0 Å². The second kappa shape index (κ2) is 3.41. The van der Waals surface area contributed by atoms with Crippen molar-refractivity contribution < 1.29 is 13.9 Å². The topological polar surface area (TPSA) is 29.5 Å². The van der Waals surface area contributed by atoms with Gasteiger partial charge >= 0.3 is 6.09 Å². The van der Waals surface area contributed by atoms with E-state index in [1.807, 2.05) is 0 Å². The summed E-state index contributed by atoms with van der Waals surface area (Å²) < 4.78 is 18.5. The lowest BCUT2D eigenvalue weighted by atomic mass is 9.94. The van der Waals surface area contributed by atoms with E-state index in [9.17, 15) is 9.18 Å². The molecule has 1 heterocycles. The summed E-state index contributed by atoms with van der Waals surface area (Å²) in [6.07, 6.45) is 0.0333. The lowest BCUT2D eigenvalue weighted by molar-refractivity contribution is -0.0520. The first kappa shape index (κ1) is 11.3. The van der Waals surface area contributed by atoms with Crippen molar-refractivity contribution in [2.24, 2.45) is 0 Å². The highest BCUT2D eigenvalue weighted by Crippen LogP contribution is 2.29. The molecule has 4 heteroatoms. The average molecular weight is 203 g/mol. The molecule has 1 saturated heterocycles. The number of alkyl halides is 1. The van der Waals surface area contributed by atoms with Gasteiger partial charge in [0.05, 0.1) is 13.1 Å². The second-order valence-electron chi connectivity index (χ2n) is 4.84. The number of hydrogen-bond donors (Lipinski definition) is 0. The van der Waals surface area contributed by atoms with E-state index in [2.05, 4.69) is 0 Å². The van der Waals surface area contributed by atoms with E-state index in [1.165, 1.54) is 4.90 Å². The van der Waals surface area contributed by atoms with Crippen molar-refractivity contribution in [2.45, 2.75) is 45.4 Å². The minimum atomic E-state index is -1.18. The van der Waals surface area contributed by atoms with Crippen LogP contribution in [0.5, 0.6) is 0 Å². The largest absolute Gasteiger partial charge is 0.444 e. The third-order valence-corrected chi connectivity index (χ3v) is 2.23. The summed E-state index contributed by atoms with van der Waals surface area (Å²) in [4.78, 5) is 12.8. The molecule has 1 aliphatic heterocycles. The van der Waals surface area contributed by atoms with E-state index in [-0.39, 0.29) is 13.1 Å². The molecular formula is C10H18FNO2. The van der Waals surface area contributed by atoms with Gasteiger partial charge in [-0.15, -0.1) is 0 Å². The number of amides is 1.